The molecule has 0 amide bonds. The molecule has 0 aromatic rings. The van der Waals surface area contributed by atoms with Crippen molar-refractivity contribution in [3.63, 3.8) is 0 Å². The Morgan fingerprint density at radius 2 is 2.00 bits per heavy atom. The molecule has 1 rings (SSSR count). The van der Waals surface area contributed by atoms with Crippen LogP contribution in [-0.2, 0) is 0 Å². The first-order chi connectivity index (χ1) is 7.81. The molecule has 1 aliphatic carbocycles. The van der Waals surface area contributed by atoms with E-state index >= 15 is 0 Å². The van der Waals surface area contributed by atoms with Gasteiger partial charge in [-0.3, -0.25) is 0 Å². The standard InChI is InChI=1S/C14H30N2/c1-4-7-11-16(6-3)12-13-9-8-10-14(13)15-5-2/h13-15H,4-12H2,1-3H3. The molecule has 1 aliphatic rings. The summed E-state index contributed by atoms with van der Waals surface area (Å²) in [5, 5.41) is 3.65. The lowest BCUT2D eigenvalue weighted by Gasteiger charge is -2.28. The number of nitrogens with zero attached hydrogens (tertiary/aromatic N) is 1. The fraction of sp³-hybridized carbons (Fsp3) is 1.00. The summed E-state index contributed by atoms with van der Waals surface area (Å²) in [6, 6.07) is 0.792. The topological polar surface area (TPSA) is 15.3 Å². The molecule has 0 heterocycles. The van der Waals surface area contributed by atoms with Gasteiger partial charge < -0.3 is 10.2 Å². The van der Waals surface area contributed by atoms with E-state index in [9.17, 15) is 0 Å². The van der Waals surface area contributed by atoms with Gasteiger partial charge in [0.2, 0.25) is 0 Å². The van der Waals surface area contributed by atoms with Crippen LogP contribution < -0.4 is 5.32 Å². The van der Waals surface area contributed by atoms with Crippen molar-refractivity contribution in [3.05, 3.63) is 0 Å². The van der Waals surface area contributed by atoms with Crippen LogP contribution >= 0.6 is 0 Å². The highest BCUT2D eigenvalue weighted by molar-refractivity contribution is 4.84. The number of rotatable bonds is 8. The van der Waals surface area contributed by atoms with Crippen molar-refractivity contribution in [3.8, 4) is 0 Å². The van der Waals surface area contributed by atoms with E-state index in [1.54, 1.807) is 0 Å². The van der Waals surface area contributed by atoms with Gasteiger partial charge in [0.1, 0.15) is 0 Å². The van der Waals surface area contributed by atoms with Gasteiger partial charge in [0.15, 0.2) is 0 Å². The van der Waals surface area contributed by atoms with Crippen LogP contribution in [0.5, 0.6) is 0 Å². The van der Waals surface area contributed by atoms with Crippen LogP contribution in [0.2, 0.25) is 0 Å². The summed E-state index contributed by atoms with van der Waals surface area (Å²) in [5.41, 5.74) is 0. The minimum absolute atomic E-state index is 0.792. The van der Waals surface area contributed by atoms with Gasteiger partial charge in [-0.1, -0.05) is 33.6 Å². The molecular formula is C14H30N2. The Balaban J connectivity index is 2.31. The fourth-order valence-electron chi connectivity index (χ4n) is 2.88. The summed E-state index contributed by atoms with van der Waals surface area (Å²) in [4.78, 5) is 2.64. The van der Waals surface area contributed by atoms with Crippen LogP contribution in [0, 0.1) is 5.92 Å². The van der Waals surface area contributed by atoms with Crippen LogP contribution in [0.4, 0.5) is 0 Å². The molecule has 2 nitrogen and oxygen atoms in total. The lowest BCUT2D eigenvalue weighted by Crippen LogP contribution is -2.39. The van der Waals surface area contributed by atoms with Crippen LogP contribution in [-0.4, -0.2) is 37.1 Å². The minimum Gasteiger partial charge on any atom is -0.314 e. The van der Waals surface area contributed by atoms with Gasteiger partial charge in [-0.05, 0) is 44.8 Å². The van der Waals surface area contributed by atoms with Crippen LogP contribution in [0.15, 0.2) is 0 Å². The number of unbranched alkanes of at least 4 members (excludes halogenated alkanes) is 1. The van der Waals surface area contributed by atoms with Gasteiger partial charge in [-0.2, -0.15) is 0 Å². The molecular weight excluding hydrogens is 196 g/mol. The predicted molar refractivity (Wildman–Crippen MR) is 71.8 cm³/mol. The molecule has 2 unspecified atom stereocenters. The average molecular weight is 226 g/mol. The molecule has 1 N–H and O–H groups in total. The van der Waals surface area contributed by atoms with Gasteiger partial charge in [0.25, 0.3) is 0 Å². The highest BCUT2D eigenvalue weighted by Gasteiger charge is 2.27. The van der Waals surface area contributed by atoms with Crippen molar-refractivity contribution in [1.29, 1.82) is 0 Å². The van der Waals surface area contributed by atoms with E-state index in [0.29, 0.717) is 0 Å². The number of hydrogen-bond donors (Lipinski definition) is 1. The van der Waals surface area contributed by atoms with E-state index in [-0.39, 0.29) is 0 Å². The average Bonchev–Trinajstić information content (AvgIpc) is 2.72. The minimum atomic E-state index is 0.792. The van der Waals surface area contributed by atoms with Crippen molar-refractivity contribution >= 4 is 0 Å². The largest absolute Gasteiger partial charge is 0.314 e. The van der Waals surface area contributed by atoms with E-state index in [0.717, 1.165) is 18.5 Å². The molecule has 0 saturated heterocycles. The Bertz CT molecular complexity index is 170. The van der Waals surface area contributed by atoms with E-state index in [1.165, 1.54) is 51.7 Å². The van der Waals surface area contributed by atoms with Gasteiger partial charge in [-0.25, -0.2) is 0 Å². The van der Waals surface area contributed by atoms with E-state index in [2.05, 4.69) is 31.0 Å². The highest BCUT2D eigenvalue weighted by atomic mass is 15.1. The maximum Gasteiger partial charge on any atom is 0.0107 e. The smallest absolute Gasteiger partial charge is 0.0107 e. The van der Waals surface area contributed by atoms with Crippen molar-refractivity contribution in [2.45, 2.75) is 58.9 Å². The molecule has 96 valence electrons. The number of nitrogens with one attached hydrogen (secondary N) is 1. The second-order valence-corrected chi connectivity index (χ2v) is 5.10. The summed E-state index contributed by atoms with van der Waals surface area (Å²) >= 11 is 0. The van der Waals surface area contributed by atoms with E-state index < -0.39 is 0 Å². The molecule has 2 atom stereocenters. The molecule has 2 heteroatoms. The fourth-order valence-corrected chi connectivity index (χ4v) is 2.88. The molecule has 1 saturated carbocycles. The molecule has 1 fully saturated rings. The zero-order chi connectivity index (χ0) is 11.8. The summed E-state index contributed by atoms with van der Waals surface area (Å²) in [7, 11) is 0. The zero-order valence-electron chi connectivity index (χ0n) is 11.5. The van der Waals surface area contributed by atoms with Crippen LogP contribution in [0.3, 0.4) is 0 Å². The molecule has 16 heavy (non-hydrogen) atoms. The summed E-state index contributed by atoms with van der Waals surface area (Å²) in [6.45, 7) is 11.8. The highest BCUT2D eigenvalue weighted by Crippen LogP contribution is 2.26. The van der Waals surface area contributed by atoms with Crippen LogP contribution in [0.25, 0.3) is 0 Å². The first-order valence-corrected chi connectivity index (χ1v) is 7.27. The predicted octanol–water partition coefficient (Wildman–Crippen LogP) is 2.89. The number of hydrogen-bond acceptors (Lipinski definition) is 2. The maximum absolute atomic E-state index is 3.65. The monoisotopic (exact) mass is 226 g/mol. The Labute approximate surface area is 102 Å². The third-order valence-electron chi connectivity index (χ3n) is 3.89. The molecule has 0 aliphatic heterocycles. The third-order valence-corrected chi connectivity index (χ3v) is 3.89. The third kappa shape index (κ3) is 4.42. The van der Waals surface area contributed by atoms with E-state index in [1.807, 2.05) is 0 Å². The Hall–Kier alpha value is -0.0800. The quantitative estimate of drug-likeness (QED) is 0.684. The second kappa shape index (κ2) is 8.08. The van der Waals surface area contributed by atoms with Gasteiger partial charge in [-0.15, -0.1) is 0 Å². The summed E-state index contributed by atoms with van der Waals surface area (Å²) in [6.07, 6.45) is 6.92. The van der Waals surface area contributed by atoms with Crippen molar-refractivity contribution in [2.75, 3.05) is 26.2 Å². The van der Waals surface area contributed by atoms with Gasteiger partial charge in [0, 0.05) is 12.6 Å². The normalized spacial score (nSPS) is 25.5. The van der Waals surface area contributed by atoms with Crippen molar-refractivity contribution in [1.82, 2.24) is 10.2 Å². The maximum atomic E-state index is 3.65. The lowest BCUT2D eigenvalue weighted by molar-refractivity contribution is 0.220. The van der Waals surface area contributed by atoms with Crippen LogP contribution in [0.1, 0.15) is 52.9 Å². The Morgan fingerprint density at radius 1 is 1.19 bits per heavy atom. The second-order valence-electron chi connectivity index (χ2n) is 5.10. The lowest BCUT2D eigenvalue weighted by atomic mass is 10.0. The molecule has 0 aromatic carbocycles. The zero-order valence-corrected chi connectivity index (χ0v) is 11.5. The Morgan fingerprint density at radius 3 is 2.62 bits per heavy atom. The molecule has 0 spiro atoms. The molecule has 0 radical (unpaired) electrons. The SMILES string of the molecule is CCCCN(CC)CC1CCCC1NCC. The molecule has 0 bridgehead atoms. The summed E-state index contributed by atoms with van der Waals surface area (Å²) < 4.78 is 0. The molecule has 0 aromatic heterocycles. The van der Waals surface area contributed by atoms with Gasteiger partial charge in [0.05, 0.1) is 0 Å². The summed E-state index contributed by atoms with van der Waals surface area (Å²) in [5.74, 6) is 0.900. The van der Waals surface area contributed by atoms with E-state index in [4.69, 9.17) is 0 Å². The Kier molecular flexibility index (Phi) is 7.06. The first-order valence-electron chi connectivity index (χ1n) is 7.27. The first kappa shape index (κ1) is 14.0. The van der Waals surface area contributed by atoms with Gasteiger partial charge >= 0.3 is 0 Å². The van der Waals surface area contributed by atoms with Crippen molar-refractivity contribution < 1.29 is 0 Å². The van der Waals surface area contributed by atoms with Crippen molar-refractivity contribution in [2.24, 2.45) is 5.92 Å².